The van der Waals surface area contributed by atoms with E-state index in [1.165, 1.54) is 12.1 Å². The molecule has 104 valence electrons. The van der Waals surface area contributed by atoms with Gasteiger partial charge in [-0.05, 0) is 32.9 Å². The van der Waals surface area contributed by atoms with Crippen molar-refractivity contribution >= 4 is 5.91 Å². The quantitative estimate of drug-likeness (QED) is 0.911. The highest BCUT2D eigenvalue weighted by atomic mass is 19.1. The maximum Gasteiger partial charge on any atom is 0.254 e. The predicted molar refractivity (Wildman–Crippen MR) is 68.4 cm³/mol. The molecule has 1 atom stereocenters. The Kier molecular flexibility index (Phi) is 3.87. The van der Waals surface area contributed by atoms with Gasteiger partial charge in [-0.3, -0.25) is 4.79 Å². The molecule has 1 heterocycles. The van der Waals surface area contributed by atoms with Crippen molar-refractivity contribution in [3.05, 3.63) is 35.1 Å². The highest BCUT2D eigenvalue weighted by molar-refractivity contribution is 5.94. The first kappa shape index (κ1) is 14.0. The molecule has 1 saturated heterocycles. The maximum atomic E-state index is 13.5. The Balaban J connectivity index is 1.93. The van der Waals surface area contributed by atoms with Gasteiger partial charge in [0.05, 0.1) is 12.2 Å². The molecule has 0 radical (unpaired) electrons. The Morgan fingerprint density at radius 3 is 2.89 bits per heavy atom. The summed E-state index contributed by atoms with van der Waals surface area (Å²) < 4.78 is 24.5. The second kappa shape index (κ2) is 5.27. The molecule has 1 N–H and O–H groups in total. The van der Waals surface area contributed by atoms with Crippen LogP contribution in [0.1, 0.15) is 29.8 Å². The summed E-state index contributed by atoms with van der Waals surface area (Å²) in [6.07, 6.45) is -0.202. The molecule has 0 saturated carbocycles. The summed E-state index contributed by atoms with van der Waals surface area (Å²) in [6, 6.07) is 4.45. The topological polar surface area (TPSA) is 47.6 Å². The zero-order valence-electron chi connectivity index (χ0n) is 11.3. The Morgan fingerprint density at radius 2 is 2.26 bits per heavy atom. The number of nitrogens with one attached hydrogen (secondary N) is 1. The lowest BCUT2D eigenvalue weighted by molar-refractivity contribution is -0.137. The molecule has 1 amide bonds. The van der Waals surface area contributed by atoms with E-state index in [4.69, 9.17) is 9.47 Å². The number of ether oxygens (including phenoxy) is 2. The first-order valence-corrected chi connectivity index (χ1v) is 6.23. The average molecular weight is 267 g/mol. The number of benzene rings is 1. The normalized spacial score (nSPS) is 21.4. The summed E-state index contributed by atoms with van der Waals surface area (Å²) in [5, 5.41) is 2.66. The van der Waals surface area contributed by atoms with Crippen LogP contribution in [-0.2, 0) is 9.47 Å². The van der Waals surface area contributed by atoms with Gasteiger partial charge in [0.1, 0.15) is 11.9 Å². The molecule has 0 bridgehead atoms. The van der Waals surface area contributed by atoms with Crippen molar-refractivity contribution in [3.63, 3.8) is 0 Å². The maximum absolute atomic E-state index is 13.5. The van der Waals surface area contributed by atoms with Gasteiger partial charge < -0.3 is 14.8 Å². The van der Waals surface area contributed by atoms with Crippen LogP contribution in [0.3, 0.4) is 0 Å². The summed E-state index contributed by atoms with van der Waals surface area (Å²) in [5.41, 5.74) is 0.895. The fourth-order valence-corrected chi connectivity index (χ4v) is 1.98. The minimum atomic E-state index is -0.621. The lowest BCUT2D eigenvalue weighted by Crippen LogP contribution is -2.34. The molecular formula is C14H18FNO3. The highest BCUT2D eigenvalue weighted by Gasteiger charge is 2.32. The Morgan fingerprint density at radius 1 is 1.53 bits per heavy atom. The van der Waals surface area contributed by atoms with E-state index in [0.717, 1.165) is 5.56 Å². The van der Waals surface area contributed by atoms with Crippen LogP contribution in [0.5, 0.6) is 0 Å². The Hall–Kier alpha value is -1.46. The number of halogens is 1. The third-order valence-corrected chi connectivity index (χ3v) is 2.92. The number of carbonyl (C=O) groups is 1. The van der Waals surface area contributed by atoms with E-state index < -0.39 is 17.5 Å². The lowest BCUT2D eigenvalue weighted by Gasteiger charge is -2.17. The summed E-state index contributed by atoms with van der Waals surface area (Å²) >= 11 is 0. The van der Waals surface area contributed by atoms with E-state index in [1.54, 1.807) is 6.07 Å². The molecule has 1 aliphatic heterocycles. The monoisotopic (exact) mass is 267 g/mol. The third-order valence-electron chi connectivity index (χ3n) is 2.92. The second-order valence-corrected chi connectivity index (χ2v) is 5.14. The highest BCUT2D eigenvalue weighted by Crippen LogP contribution is 2.21. The third kappa shape index (κ3) is 3.52. The van der Waals surface area contributed by atoms with Gasteiger partial charge >= 0.3 is 0 Å². The Bertz CT molecular complexity index is 488. The largest absolute Gasteiger partial charge is 0.349 e. The molecule has 0 aliphatic carbocycles. The number of hydrogen-bond donors (Lipinski definition) is 1. The molecule has 5 heteroatoms. The molecule has 19 heavy (non-hydrogen) atoms. The van der Waals surface area contributed by atoms with E-state index in [2.05, 4.69) is 5.32 Å². The molecule has 2 rings (SSSR count). The van der Waals surface area contributed by atoms with Crippen LogP contribution < -0.4 is 5.32 Å². The number of carbonyl (C=O) groups excluding carboxylic acids is 1. The molecule has 1 unspecified atom stereocenters. The zero-order valence-corrected chi connectivity index (χ0v) is 11.3. The van der Waals surface area contributed by atoms with Crippen LogP contribution in [0.25, 0.3) is 0 Å². The van der Waals surface area contributed by atoms with Gasteiger partial charge in [0.25, 0.3) is 5.91 Å². The first-order valence-electron chi connectivity index (χ1n) is 6.23. The Labute approximate surface area is 111 Å². The summed E-state index contributed by atoms with van der Waals surface area (Å²) in [4.78, 5) is 11.9. The van der Waals surface area contributed by atoms with Gasteiger partial charge in [-0.1, -0.05) is 11.6 Å². The van der Waals surface area contributed by atoms with E-state index in [0.29, 0.717) is 13.2 Å². The van der Waals surface area contributed by atoms with Crippen molar-refractivity contribution in [2.45, 2.75) is 32.7 Å². The summed E-state index contributed by atoms with van der Waals surface area (Å²) in [5.74, 6) is -1.58. The first-order chi connectivity index (χ1) is 8.87. The van der Waals surface area contributed by atoms with Crippen LogP contribution in [0.4, 0.5) is 4.39 Å². The van der Waals surface area contributed by atoms with E-state index >= 15 is 0 Å². The van der Waals surface area contributed by atoms with Crippen LogP contribution in [0.2, 0.25) is 0 Å². The zero-order chi connectivity index (χ0) is 14.0. The molecule has 4 nitrogen and oxygen atoms in total. The van der Waals surface area contributed by atoms with Crippen molar-refractivity contribution in [1.82, 2.24) is 5.32 Å². The van der Waals surface area contributed by atoms with Crippen molar-refractivity contribution in [2.75, 3.05) is 13.2 Å². The minimum absolute atomic E-state index is 0.0539. The van der Waals surface area contributed by atoms with Gasteiger partial charge in [-0.15, -0.1) is 0 Å². The molecule has 0 spiro atoms. The van der Waals surface area contributed by atoms with Gasteiger partial charge in [0.2, 0.25) is 0 Å². The number of hydrogen-bond acceptors (Lipinski definition) is 3. The SMILES string of the molecule is Cc1ccc(F)c(C(=O)NCC2COC(C)(C)O2)c1. The lowest BCUT2D eigenvalue weighted by atomic mass is 10.1. The molecule has 1 aliphatic rings. The number of amides is 1. The number of rotatable bonds is 3. The second-order valence-electron chi connectivity index (χ2n) is 5.14. The summed E-state index contributed by atoms with van der Waals surface area (Å²) in [6.45, 7) is 6.16. The van der Waals surface area contributed by atoms with Gasteiger partial charge in [-0.25, -0.2) is 4.39 Å². The van der Waals surface area contributed by atoms with Crippen molar-refractivity contribution in [2.24, 2.45) is 0 Å². The minimum Gasteiger partial charge on any atom is -0.349 e. The van der Waals surface area contributed by atoms with Crippen molar-refractivity contribution < 1.29 is 18.7 Å². The van der Waals surface area contributed by atoms with Crippen LogP contribution in [0.15, 0.2) is 18.2 Å². The van der Waals surface area contributed by atoms with Crippen molar-refractivity contribution in [3.8, 4) is 0 Å². The van der Waals surface area contributed by atoms with E-state index in [1.807, 2.05) is 20.8 Å². The molecule has 0 aromatic heterocycles. The molecular weight excluding hydrogens is 249 g/mol. The predicted octanol–water partition coefficient (Wildman–Crippen LogP) is 2.02. The molecule has 1 aromatic carbocycles. The fraction of sp³-hybridized carbons (Fsp3) is 0.500. The van der Waals surface area contributed by atoms with Crippen LogP contribution >= 0.6 is 0 Å². The van der Waals surface area contributed by atoms with Gasteiger partial charge in [0.15, 0.2) is 5.79 Å². The summed E-state index contributed by atoms with van der Waals surface area (Å²) in [7, 11) is 0. The number of aryl methyl sites for hydroxylation is 1. The fourth-order valence-electron chi connectivity index (χ4n) is 1.98. The standard InChI is InChI=1S/C14H18FNO3/c1-9-4-5-12(15)11(6-9)13(17)16-7-10-8-18-14(2,3)19-10/h4-6,10H,7-8H2,1-3H3,(H,16,17). The van der Waals surface area contributed by atoms with Crippen molar-refractivity contribution in [1.29, 1.82) is 0 Å². The van der Waals surface area contributed by atoms with E-state index in [9.17, 15) is 9.18 Å². The molecule has 1 aromatic rings. The van der Waals surface area contributed by atoms with Gasteiger partial charge in [-0.2, -0.15) is 0 Å². The smallest absolute Gasteiger partial charge is 0.254 e. The van der Waals surface area contributed by atoms with Crippen LogP contribution in [-0.4, -0.2) is 30.9 Å². The van der Waals surface area contributed by atoms with Gasteiger partial charge in [0, 0.05) is 6.54 Å². The average Bonchev–Trinajstić information content (AvgIpc) is 2.69. The van der Waals surface area contributed by atoms with Crippen LogP contribution in [0, 0.1) is 12.7 Å². The molecule has 1 fully saturated rings. The van der Waals surface area contributed by atoms with E-state index in [-0.39, 0.29) is 11.7 Å².